The van der Waals surface area contributed by atoms with Gasteiger partial charge in [0, 0.05) is 43.9 Å². The number of methoxy groups -OCH3 is 1. The van der Waals surface area contributed by atoms with Crippen molar-refractivity contribution in [3.63, 3.8) is 0 Å². The molecule has 0 saturated carbocycles. The van der Waals surface area contributed by atoms with Crippen LogP contribution in [0.15, 0.2) is 24.3 Å². The van der Waals surface area contributed by atoms with Gasteiger partial charge in [-0.3, -0.25) is 9.69 Å². The molecule has 0 radical (unpaired) electrons. The lowest BCUT2D eigenvalue weighted by Gasteiger charge is -2.36. The molecular weight excluding hydrogens is 437 g/mol. The van der Waals surface area contributed by atoms with E-state index in [1.807, 2.05) is 25.1 Å². The highest BCUT2D eigenvalue weighted by Crippen LogP contribution is 2.30. The Labute approximate surface area is 198 Å². The van der Waals surface area contributed by atoms with Crippen LogP contribution in [0.25, 0.3) is 0 Å². The lowest BCUT2D eigenvalue weighted by molar-refractivity contribution is -0.132. The predicted molar refractivity (Wildman–Crippen MR) is 123 cm³/mol. The Morgan fingerprint density at radius 3 is 2.68 bits per heavy atom. The molecular formula is C26H28FN3O4. The third-order valence-electron chi connectivity index (χ3n) is 6.83. The van der Waals surface area contributed by atoms with Gasteiger partial charge in [-0.15, -0.1) is 0 Å². The second-order valence-corrected chi connectivity index (χ2v) is 8.90. The molecule has 1 atom stereocenters. The van der Waals surface area contributed by atoms with E-state index in [4.69, 9.17) is 14.7 Å². The number of nitrogens with zero attached hydrogens (tertiary/aromatic N) is 3. The minimum atomic E-state index is -0.574. The third kappa shape index (κ3) is 4.62. The molecule has 4 rings (SSSR count). The molecule has 0 aliphatic carbocycles. The van der Waals surface area contributed by atoms with Gasteiger partial charge in [-0.05, 0) is 42.2 Å². The molecule has 8 heteroatoms. The van der Waals surface area contributed by atoms with Crippen molar-refractivity contribution in [1.82, 2.24) is 9.80 Å². The second-order valence-electron chi connectivity index (χ2n) is 8.90. The second kappa shape index (κ2) is 9.82. The van der Waals surface area contributed by atoms with E-state index in [1.54, 1.807) is 4.90 Å². The van der Waals surface area contributed by atoms with Gasteiger partial charge in [0.25, 0.3) is 0 Å². The van der Waals surface area contributed by atoms with E-state index in [-0.39, 0.29) is 41.1 Å². The quantitative estimate of drug-likeness (QED) is 0.610. The highest BCUT2D eigenvalue weighted by molar-refractivity contribution is 5.94. The van der Waals surface area contributed by atoms with Crippen molar-refractivity contribution in [2.45, 2.75) is 32.8 Å². The van der Waals surface area contributed by atoms with Crippen LogP contribution in [0.2, 0.25) is 0 Å². The Morgan fingerprint density at radius 1 is 1.26 bits per heavy atom. The smallest absolute Gasteiger partial charge is 0.338 e. The zero-order valence-electron chi connectivity index (χ0n) is 19.7. The maximum Gasteiger partial charge on any atom is 0.338 e. The van der Waals surface area contributed by atoms with Crippen LogP contribution in [0.3, 0.4) is 0 Å². The summed E-state index contributed by atoms with van der Waals surface area (Å²) in [5.74, 6) is -0.434. The first kappa shape index (κ1) is 23.7. The summed E-state index contributed by atoms with van der Waals surface area (Å²) in [5, 5.41) is 9.08. The van der Waals surface area contributed by atoms with Gasteiger partial charge in [0.2, 0.25) is 5.91 Å². The number of halogens is 1. The molecule has 0 bridgehead atoms. The van der Waals surface area contributed by atoms with Crippen molar-refractivity contribution in [3.8, 4) is 11.8 Å². The summed E-state index contributed by atoms with van der Waals surface area (Å²) in [6, 6.07) is 8.32. The van der Waals surface area contributed by atoms with Crippen LogP contribution in [0.1, 0.15) is 51.0 Å². The van der Waals surface area contributed by atoms with E-state index in [0.29, 0.717) is 25.3 Å². The summed E-state index contributed by atoms with van der Waals surface area (Å²) in [4.78, 5) is 28.7. The molecule has 2 aliphatic heterocycles. The fourth-order valence-electron chi connectivity index (χ4n) is 4.83. The number of amides is 1. The van der Waals surface area contributed by atoms with E-state index >= 15 is 0 Å². The molecule has 0 aromatic heterocycles. The lowest BCUT2D eigenvalue weighted by atomic mass is 9.90. The van der Waals surface area contributed by atoms with Gasteiger partial charge in [0.15, 0.2) is 0 Å². The molecule has 1 unspecified atom stereocenters. The number of carbonyl (C=O) groups is 2. The molecule has 0 N–H and O–H groups in total. The van der Waals surface area contributed by atoms with E-state index in [9.17, 15) is 14.0 Å². The Hall–Kier alpha value is -3.44. The molecule has 2 aromatic rings. The van der Waals surface area contributed by atoms with Crippen LogP contribution >= 0.6 is 0 Å². The maximum atomic E-state index is 14.4. The van der Waals surface area contributed by atoms with Crippen molar-refractivity contribution < 1.29 is 23.5 Å². The standard InChI is InChI=1S/C26H28FN3O4/c1-16(20-4-5-21-22(17(20)2)15-34-26(21)32)14-29-6-8-30(9-7-29)25(31)12-18-11-24(33-3)19(13-28)10-23(18)27/h4-5,10-11,16H,6-9,12,14-15H2,1-3H3. The molecule has 178 valence electrons. The molecule has 1 amide bonds. The number of benzene rings is 2. The fraction of sp³-hybridized carbons (Fsp3) is 0.423. The average molecular weight is 466 g/mol. The number of carbonyl (C=O) groups excluding carboxylic acids is 2. The van der Waals surface area contributed by atoms with Gasteiger partial charge in [-0.25, -0.2) is 9.18 Å². The topological polar surface area (TPSA) is 82.9 Å². The molecule has 7 nitrogen and oxygen atoms in total. The number of piperazine rings is 1. The van der Waals surface area contributed by atoms with E-state index in [1.165, 1.54) is 18.7 Å². The average Bonchev–Trinajstić information content (AvgIpc) is 3.22. The van der Waals surface area contributed by atoms with Gasteiger partial charge in [-0.2, -0.15) is 5.26 Å². The molecule has 2 heterocycles. The summed E-state index contributed by atoms with van der Waals surface area (Å²) < 4.78 is 24.7. The predicted octanol–water partition coefficient (Wildman–Crippen LogP) is 3.18. The first-order chi connectivity index (χ1) is 16.3. The highest BCUT2D eigenvalue weighted by Gasteiger charge is 2.27. The summed E-state index contributed by atoms with van der Waals surface area (Å²) in [5.41, 5.74) is 4.31. The monoisotopic (exact) mass is 465 g/mol. The molecule has 1 fully saturated rings. The van der Waals surface area contributed by atoms with Crippen LogP contribution in [0.4, 0.5) is 4.39 Å². The fourth-order valence-corrected chi connectivity index (χ4v) is 4.83. The van der Waals surface area contributed by atoms with Gasteiger partial charge >= 0.3 is 5.97 Å². The number of ether oxygens (including phenoxy) is 2. The number of fused-ring (bicyclic) bond motifs is 1. The SMILES string of the molecule is COc1cc(CC(=O)N2CCN(CC(C)c3ccc4c(c3C)COC4=O)CC2)c(F)cc1C#N. The Bertz CT molecular complexity index is 1170. The number of cyclic esters (lactones) is 1. The zero-order valence-corrected chi connectivity index (χ0v) is 19.7. The third-order valence-corrected chi connectivity index (χ3v) is 6.83. The number of esters is 1. The van der Waals surface area contributed by atoms with Crippen molar-refractivity contribution in [3.05, 3.63) is 63.5 Å². The maximum absolute atomic E-state index is 14.4. The summed E-state index contributed by atoms with van der Waals surface area (Å²) in [7, 11) is 1.41. The van der Waals surface area contributed by atoms with Gasteiger partial charge in [0.05, 0.1) is 24.7 Å². The number of hydrogen-bond acceptors (Lipinski definition) is 6. The van der Waals surface area contributed by atoms with Gasteiger partial charge < -0.3 is 14.4 Å². The first-order valence-electron chi connectivity index (χ1n) is 11.4. The molecule has 1 saturated heterocycles. The Balaban J connectivity index is 1.34. The molecule has 2 aliphatic rings. The highest BCUT2D eigenvalue weighted by atomic mass is 19.1. The van der Waals surface area contributed by atoms with Crippen molar-refractivity contribution in [1.29, 1.82) is 5.26 Å². The zero-order chi connectivity index (χ0) is 24.4. The van der Waals surface area contributed by atoms with Crippen molar-refractivity contribution >= 4 is 11.9 Å². The molecule has 2 aromatic carbocycles. The van der Waals surface area contributed by atoms with Gasteiger partial charge in [0.1, 0.15) is 24.2 Å². The Kier molecular flexibility index (Phi) is 6.85. The summed E-state index contributed by atoms with van der Waals surface area (Å²) >= 11 is 0. The molecule has 34 heavy (non-hydrogen) atoms. The first-order valence-corrected chi connectivity index (χ1v) is 11.4. The number of nitriles is 1. The van der Waals surface area contributed by atoms with Crippen LogP contribution in [0, 0.1) is 24.1 Å². The Morgan fingerprint density at radius 2 is 2.00 bits per heavy atom. The molecule has 0 spiro atoms. The van der Waals surface area contributed by atoms with E-state index in [0.717, 1.165) is 36.8 Å². The van der Waals surface area contributed by atoms with Gasteiger partial charge in [-0.1, -0.05) is 13.0 Å². The van der Waals surface area contributed by atoms with Crippen LogP contribution in [0.5, 0.6) is 5.75 Å². The minimum Gasteiger partial charge on any atom is -0.495 e. The largest absolute Gasteiger partial charge is 0.495 e. The number of hydrogen-bond donors (Lipinski definition) is 0. The van der Waals surface area contributed by atoms with Crippen LogP contribution in [-0.4, -0.2) is 61.5 Å². The summed E-state index contributed by atoms with van der Waals surface area (Å²) in [6.07, 6.45) is -0.0700. The van der Waals surface area contributed by atoms with Crippen molar-refractivity contribution in [2.75, 3.05) is 39.8 Å². The lowest BCUT2D eigenvalue weighted by Crippen LogP contribution is -2.49. The normalized spacial score (nSPS) is 16.6. The summed E-state index contributed by atoms with van der Waals surface area (Å²) in [6.45, 7) is 8.02. The van der Waals surface area contributed by atoms with Crippen LogP contribution in [-0.2, 0) is 22.6 Å². The minimum absolute atomic E-state index is 0.0700. The van der Waals surface area contributed by atoms with Crippen LogP contribution < -0.4 is 4.74 Å². The van der Waals surface area contributed by atoms with Crippen molar-refractivity contribution in [2.24, 2.45) is 0 Å². The van der Waals surface area contributed by atoms with E-state index in [2.05, 4.69) is 11.8 Å². The van der Waals surface area contributed by atoms with E-state index < -0.39 is 5.82 Å². The number of rotatable bonds is 6.